The number of hydrogen-bond donors (Lipinski definition) is 0. The molecule has 1 spiro atoms. The van der Waals surface area contributed by atoms with Gasteiger partial charge in [-0.25, -0.2) is 14.4 Å². The van der Waals surface area contributed by atoms with Gasteiger partial charge in [-0.3, -0.25) is 24.4 Å². The number of rotatable bonds is 5. The maximum Gasteiger partial charge on any atom is 0.384 e. The molecule has 6 aliphatic rings. The zero-order valence-corrected chi connectivity index (χ0v) is 32.9. The number of ether oxygens (including phenoxy) is 3. The number of aldehydes is 1. The molecular weight excluding hydrogens is 736 g/mol. The van der Waals surface area contributed by atoms with Gasteiger partial charge in [-0.15, -0.1) is 0 Å². The second-order valence-corrected chi connectivity index (χ2v) is 13.1. The van der Waals surface area contributed by atoms with Crippen LogP contribution in [0.5, 0.6) is 0 Å². The monoisotopic (exact) mass is 782 g/mol. The number of amides is 2. The first-order chi connectivity index (χ1) is 27.4. The lowest BCUT2D eigenvalue weighted by Gasteiger charge is -2.54. The van der Waals surface area contributed by atoms with Gasteiger partial charge in [0.25, 0.3) is 5.91 Å². The van der Waals surface area contributed by atoms with Crippen LogP contribution in [0.15, 0.2) is 81.8 Å². The third kappa shape index (κ3) is 9.84. The number of aliphatic imine (C=N–C) groups is 2. The number of dihydropyridines is 1. The molecule has 57 heavy (non-hydrogen) atoms. The van der Waals surface area contributed by atoms with Crippen molar-refractivity contribution in [1.82, 2.24) is 9.80 Å². The first-order valence-corrected chi connectivity index (χ1v) is 18.0. The van der Waals surface area contributed by atoms with E-state index in [9.17, 15) is 28.8 Å². The van der Waals surface area contributed by atoms with Gasteiger partial charge < -0.3 is 24.0 Å². The Labute approximate surface area is 331 Å². The summed E-state index contributed by atoms with van der Waals surface area (Å²) in [5, 5.41) is 0. The summed E-state index contributed by atoms with van der Waals surface area (Å²) >= 11 is 0. The van der Waals surface area contributed by atoms with Gasteiger partial charge in [-0.2, -0.15) is 9.59 Å². The molecule has 15 nitrogen and oxygen atoms in total. The Balaban J connectivity index is 0.000000243. The zero-order chi connectivity index (χ0) is 42.2. The lowest BCUT2D eigenvalue weighted by molar-refractivity contribution is -0.191. The molecule has 2 bridgehead atoms. The van der Waals surface area contributed by atoms with Gasteiger partial charge >= 0.3 is 24.1 Å². The second-order valence-electron chi connectivity index (χ2n) is 13.1. The van der Waals surface area contributed by atoms with Crippen molar-refractivity contribution >= 4 is 53.6 Å². The maximum absolute atomic E-state index is 13.6. The average molecular weight is 783 g/mol. The van der Waals surface area contributed by atoms with E-state index >= 15 is 0 Å². The zero-order valence-electron chi connectivity index (χ0n) is 32.9. The van der Waals surface area contributed by atoms with Crippen molar-refractivity contribution in [2.24, 2.45) is 9.98 Å². The minimum Gasteiger partial charge on any atom is -0.466 e. The molecule has 0 N–H and O–H groups in total. The minimum absolute atomic E-state index is 0.0134. The van der Waals surface area contributed by atoms with Crippen LogP contribution in [0, 0.1) is 11.8 Å². The number of methoxy groups -OCH3 is 3. The summed E-state index contributed by atoms with van der Waals surface area (Å²) in [5.74, 6) is 2.71. The van der Waals surface area contributed by atoms with E-state index in [4.69, 9.17) is 24.1 Å². The fourth-order valence-electron chi connectivity index (χ4n) is 7.55. The molecule has 8 rings (SSSR count). The van der Waals surface area contributed by atoms with Crippen LogP contribution in [0.25, 0.3) is 0 Å². The highest BCUT2D eigenvalue weighted by molar-refractivity contribution is 6.22. The molecule has 2 amide bonds. The Morgan fingerprint density at radius 2 is 1.47 bits per heavy atom. The number of esters is 3. The van der Waals surface area contributed by atoms with Crippen LogP contribution in [0.2, 0.25) is 0 Å². The number of nitrogens with zero attached hydrogens (tertiary/aromatic N) is 4. The van der Waals surface area contributed by atoms with Gasteiger partial charge in [0.2, 0.25) is 5.91 Å². The standard InChI is InChI=1S/C21H22N2O5.C8H12N2O.C7H6O.C5H6O2.CO2/c1-13-21-10-7-11-23(21)19(26)20(22-13,12-14-8-5-4-6-9-14)15(17(24)27-2)16(21)18(25)28-3;1-6-7-3-2-4-10(7)8(11)5-9-6;8-6-7-4-2-1-3-5-7;1-3-4-5(6)7-2;2-1-3/h4-6,8-9H,7,10-12H2,1-3H3;7H,2-5H2,1H3;1-6H;1-2H3;/t;7-;;;/m.0.../s1. The molecule has 3 atom stereocenters. The maximum atomic E-state index is 13.6. The van der Waals surface area contributed by atoms with Gasteiger partial charge in [-0.05, 0) is 52.0 Å². The van der Waals surface area contributed by atoms with Crippen LogP contribution in [-0.2, 0) is 54.2 Å². The van der Waals surface area contributed by atoms with Crippen LogP contribution < -0.4 is 0 Å². The van der Waals surface area contributed by atoms with Crippen molar-refractivity contribution in [3.63, 3.8) is 0 Å². The summed E-state index contributed by atoms with van der Waals surface area (Å²) < 4.78 is 14.2. The fraction of sp³-hybridized carbons (Fsp3) is 0.405. The largest absolute Gasteiger partial charge is 0.466 e. The Bertz CT molecular complexity index is 2010. The SMILES string of the molecule is CC#CC(=O)OC.CC1=NCC(=O)N2CCC[C@@H]12.COC(=O)C1=C(C(=O)OC)C23CCCN2C(=O)C1(Cc1ccccc1)N=C3C.O=C=O.O=Cc1ccccc1. The Morgan fingerprint density at radius 3 is 1.98 bits per heavy atom. The molecule has 0 aliphatic carbocycles. The van der Waals surface area contributed by atoms with Gasteiger partial charge in [0.1, 0.15) is 18.4 Å². The summed E-state index contributed by atoms with van der Waals surface area (Å²) in [6.07, 6.45) is 4.75. The van der Waals surface area contributed by atoms with E-state index in [-0.39, 0.29) is 35.5 Å². The Morgan fingerprint density at radius 1 is 0.877 bits per heavy atom. The lowest BCUT2D eigenvalue weighted by Crippen LogP contribution is -2.71. The molecule has 0 saturated carbocycles. The van der Waals surface area contributed by atoms with Crippen molar-refractivity contribution in [2.45, 2.75) is 70.0 Å². The average Bonchev–Trinajstić information content (AvgIpc) is 3.92. The quantitative estimate of drug-likeness (QED) is 0.142. The first kappa shape index (κ1) is 44.9. The molecule has 6 aliphatic heterocycles. The number of benzene rings is 2. The summed E-state index contributed by atoms with van der Waals surface area (Å²) in [4.78, 5) is 99.6. The molecule has 2 saturated heterocycles. The van der Waals surface area contributed by atoms with Crippen LogP contribution in [0.3, 0.4) is 0 Å². The van der Waals surface area contributed by atoms with E-state index < -0.39 is 29.0 Å². The third-order valence-electron chi connectivity index (χ3n) is 9.96. The predicted octanol–water partition coefficient (Wildman–Crippen LogP) is 3.01. The van der Waals surface area contributed by atoms with Gasteiger partial charge in [0.05, 0.1) is 38.5 Å². The predicted molar refractivity (Wildman–Crippen MR) is 206 cm³/mol. The van der Waals surface area contributed by atoms with E-state index in [2.05, 4.69) is 21.6 Å². The van der Waals surface area contributed by atoms with Crippen molar-refractivity contribution in [3.05, 3.63) is 82.9 Å². The summed E-state index contributed by atoms with van der Waals surface area (Å²) in [5.41, 5.74) is 1.04. The number of carbonyl (C=O) groups is 6. The summed E-state index contributed by atoms with van der Waals surface area (Å²) in [6, 6.07) is 18.8. The van der Waals surface area contributed by atoms with Crippen LogP contribution >= 0.6 is 0 Å². The number of hydrogen-bond acceptors (Lipinski definition) is 13. The fourth-order valence-corrected chi connectivity index (χ4v) is 7.55. The van der Waals surface area contributed by atoms with E-state index in [0.717, 1.165) is 48.9 Å². The molecule has 2 aromatic carbocycles. The topological polar surface area (TPSA) is 195 Å². The molecule has 2 unspecified atom stereocenters. The van der Waals surface area contributed by atoms with Crippen LogP contribution in [0.1, 0.15) is 62.4 Å². The van der Waals surface area contributed by atoms with E-state index in [1.165, 1.54) is 21.3 Å². The van der Waals surface area contributed by atoms with E-state index in [0.29, 0.717) is 31.3 Å². The summed E-state index contributed by atoms with van der Waals surface area (Å²) in [6.45, 7) is 7.25. The molecule has 300 valence electrons. The highest BCUT2D eigenvalue weighted by Crippen LogP contribution is 2.53. The lowest BCUT2D eigenvalue weighted by atomic mass is 9.65. The van der Waals surface area contributed by atoms with E-state index in [1.54, 1.807) is 24.0 Å². The van der Waals surface area contributed by atoms with Crippen molar-refractivity contribution in [2.75, 3.05) is 41.0 Å². The van der Waals surface area contributed by atoms with Crippen LogP contribution in [-0.4, -0.2) is 121 Å². The second kappa shape index (κ2) is 21.0. The molecule has 0 aromatic heterocycles. The number of fused-ring (bicyclic) bond motifs is 1. The summed E-state index contributed by atoms with van der Waals surface area (Å²) in [7, 11) is 3.82. The first-order valence-electron chi connectivity index (χ1n) is 18.0. The van der Waals surface area contributed by atoms with E-state index in [1.807, 2.05) is 67.3 Å². The minimum atomic E-state index is -1.52. The highest BCUT2D eigenvalue weighted by atomic mass is 16.5. The molecular formula is C42H46N4O11. The third-order valence-corrected chi connectivity index (χ3v) is 9.96. The van der Waals surface area contributed by atoms with Crippen molar-refractivity contribution < 1.29 is 52.6 Å². The molecule has 0 radical (unpaired) electrons. The molecule has 2 aromatic rings. The van der Waals surface area contributed by atoms with Gasteiger partial charge in [0.15, 0.2) is 5.54 Å². The number of carbonyl (C=O) groups excluding carboxylic acids is 8. The Kier molecular flexibility index (Phi) is 16.5. The molecule has 2 fully saturated rings. The van der Waals surface area contributed by atoms with Gasteiger partial charge in [0, 0.05) is 42.4 Å². The Hall–Kier alpha value is -6.52. The van der Waals surface area contributed by atoms with Crippen molar-refractivity contribution in [3.8, 4) is 11.8 Å². The molecule has 15 heteroatoms. The van der Waals surface area contributed by atoms with Gasteiger partial charge in [-0.1, -0.05) is 66.6 Å². The normalized spacial score (nSPS) is 21.8. The smallest absolute Gasteiger partial charge is 0.384 e. The van der Waals surface area contributed by atoms with Crippen LogP contribution in [0.4, 0.5) is 0 Å². The highest BCUT2D eigenvalue weighted by Gasteiger charge is 2.68. The van der Waals surface area contributed by atoms with Crippen molar-refractivity contribution in [1.29, 1.82) is 0 Å². The molecule has 6 heterocycles.